The number of benzene rings is 1. The van der Waals surface area contributed by atoms with E-state index in [2.05, 4.69) is 20.5 Å². The van der Waals surface area contributed by atoms with E-state index in [0.29, 0.717) is 18.4 Å². The van der Waals surface area contributed by atoms with E-state index in [1.54, 1.807) is 18.2 Å². The number of anilines is 4. The third-order valence-electron chi connectivity index (χ3n) is 5.95. The lowest BCUT2D eigenvalue weighted by Crippen LogP contribution is -2.43. The van der Waals surface area contributed by atoms with Crippen LogP contribution in [0.25, 0.3) is 0 Å². The molecule has 0 spiro atoms. The van der Waals surface area contributed by atoms with Crippen molar-refractivity contribution in [1.29, 1.82) is 0 Å². The Hall–Kier alpha value is -2.87. The topological polar surface area (TPSA) is 82.6 Å². The first kappa shape index (κ1) is 21.4. The molecular weight excluding hydrogens is 392 g/mol. The minimum Gasteiger partial charge on any atom is -0.495 e. The summed E-state index contributed by atoms with van der Waals surface area (Å²) in [5.41, 5.74) is 2.18. The van der Waals surface area contributed by atoms with Gasteiger partial charge in [-0.05, 0) is 57.4 Å². The van der Waals surface area contributed by atoms with E-state index in [4.69, 9.17) is 9.72 Å². The van der Waals surface area contributed by atoms with Gasteiger partial charge in [0.1, 0.15) is 11.4 Å². The molecule has 8 heteroatoms. The number of hydrogen-bond donors (Lipinski definition) is 2. The van der Waals surface area contributed by atoms with Crippen LogP contribution in [0.1, 0.15) is 32.3 Å². The maximum absolute atomic E-state index is 13.0. The lowest BCUT2D eigenvalue weighted by atomic mass is 9.91. The molecule has 31 heavy (non-hydrogen) atoms. The van der Waals surface area contributed by atoms with Crippen molar-refractivity contribution in [3.05, 3.63) is 30.0 Å². The molecule has 0 saturated heterocycles. The summed E-state index contributed by atoms with van der Waals surface area (Å²) >= 11 is 0. The first-order valence-corrected chi connectivity index (χ1v) is 10.8. The van der Waals surface area contributed by atoms with Crippen LogP contribution >= 0.6 is 0 Å². The molecular formula is C23H32N6O2. The molecule has 166 valence electrons. The van der Waals surface area contributed by atoms with Gasteiger partial charge in [0.15, 0.2) is 5.82 Å². The molecule has 2 aromatic rings. The summed E-state index contributed by atoms with van der Waals surface area (Å²) in [5.74, 6) is 2.78. The van der Waals surface area contributed by atoms with Gasteiger partial charge in [0.2, 0.25) is 11.9 Å². The minimum absolute atomic E-state index is 0.0816. The molecule has 1 aliphatic carbocycles. The van der Waals surface area contributed by atoms with Gasteiger partial charge in [-0.3, -0.25) is 4.79 Å². The number of nitrogens with zero attached hydrogens (tertiary/aromatic N) is 4. The van der Waals surface area contributed by atoms with Crippen molar-refractivity contribution in [1.82, 2.24) is 15.3 Å². The van der Waals surface area contributed by atoms with Crippen molar-refractivity contribution in [3.63, 3.8) is 0 Å². The van der Waals surface area contributed by atoms with E-state index in [-0.39, 0.29) is 5.91 Å². The van der Waals surface area contributed by atoms with Crippen LogP contribution in [0.2, 0.25) is 0 Å². The minimum atomic E-state index is -0.496. The third-order valence-corrected chi connectivity index (χ3v) is 5.95. The number of methoxy groups -OCH3 is 1. The van der Waals surface area contributed by atoms with Gasteiger partial charge in [-0.25, -0.2) is 4.98 Å². The highest BCUT2D eigenvalue weighted by Crippen LogP contribution is 2.40. The van der Waals surface area contributed by atoms with Crippen LogP contribution in [-0.2, 0) is 11.3 Å². The highest BCUT2D eigenvalue weighted by Gasteiger charge is 2.40. The van der Waals surface area contributed by atoms with E-state index in [1.807, 2.05) is 46.1 Å². The average Bonchev–Trinajstić information content (AvgIpc) is 3.57. The molecule has 1 aromatic heterocycles. The van der Waals surface area contributed by atoms with E-state index in [1.165, 1.54) is 12.8 Å². The summed E-state index contributed by atoms with van der Waals surface area (Å²) in [6.07, 6.45) is 4.22. The number of carbonyl (C=O) groups is 1. The zero-order valence-corrected chi connectivity index (χ0v) is 19.0. The van der Waals surface area contributed by atoms with Gasteiger partial charge < -0.3 is 25.2 Å². The zero-order valence-electron chi connectivity index (χ0n) is 19.0. The number of ether oxygens (including phenoxy) is 1. The Morgan fingerprint density at radius 2 is 2.06 bits per heavy atom. The summed E-state index contributed by atoms with van der Waals surface area (Å²) in [5, 5.41) is 6.45. The number of rotatable bonds is 7. The highest BCUT2D eigenvalue weighted by molar-refractivity contribution is 6.00. The van der Waals surface area contributed by atoms with Crippen molar-refractivity contribution < 1.29 is 9.53 Å². The Morgan fingerprint density at radius 3 is 2.74 bits per heavy atom. The van der Waals surface area contributed by atoms with E-state index in [9.17, 15) is 4.79 Å². The van der Waals surface area contributed by atoms with Gasteiger partial charge in [-0.2, -0.15) is 4.98 Å². The fraction of sp³-hybridized carbons (Fsp3) is 0.522. The second kappa shape index (κ2) is 8.34. The van der Waals surface area contributed by atoms with Crippen LogP contribution in [0.3, 0.4) is 0 Å². The second-order valence-electron chi connectivity index (χ2n) is 9.16. The van der Waals surface area contributed by atoms with E-state index in [0.717, 1.165) is 41.6 Å². The Labute approximate surface area is 184 Å². The van der Waals surface area contributed by atoms with E-state index >= 15 is 0 Å². The summed E-state index contributed by atoms with van der Waals surface area (Å²) in [6.45, 7) is 6.32. The van der Waals surface area contributed by atoms with Gasteiger partial charge in [0.05, 0.1) is 24.4 Å². The Morgan fingerprint density at radius 1 is 1.29 bits per heavy atom. The predicted octanol–water partition coefficient (Wildman–Crippen LogP) is 3.17. The normalized spacial score (nSPS) is 17.9. The molecule has 0 radical (unpaired) electrons. The van der Waals surface area contributed by atoms with Crippen molar-refractivity contribution in [2.45, 2.75) is 33.2 Å². The summed E-state index contributed by atoms with van der Waals surface area (Å²) in [4.78, 5) is 26.4. The lowest BCUT2D eigenvalue weighted by molar-refractivity contribution is -0.125. The largest absolute Gasteiger partial charge is 0.495 e. The highest BCUT2D eigenvalue weighted by atomic mass is 16.5. The van der Waals surface area contributed by atoms with Crippen molar-refractivity contribution in [2.75, 3.05) is 49.4 Å². The molecule has 2 heterocycles. The van der Waals surface area contributed by atoms with Gasteiger partial charge in [-0.15, -0.1) is 0 Å². The van der Waals surface area contributed by atoms with Crippen LogP contribution in [0.15, 0.2) is 24.4 Å². The Bertz CT molecular complexity index is 973. The SMILES string of the molecule is CNCc1ccc(Nc2ncc3c(n2)N(CC2CC2)CC(C)(C)C(=O)N3C)c(OC)c1. The fourth-order valence-electron chi connectivity index (χ4n) is 4.12. The van der Waals surface area contributed by atoms with Gasteiger partial charge in [-0.1, -0.05) is 6.07 Å². The number of nitrogens with one attached hydrogen (secondary N) is 2. The van der Waals surface area contributed by atoms with Crippen LogP contribution in [-0.4, -0.2) is 50.2 Å². The molecule has 8 nitrogen and oxygen atoms in total. The molecule has 1 aliphatic heterocycles. The second-order valence-corrected chi connectivity index (χ2v) is 9.16. The van der Waals surface area contributed by atoms with Crippen LogP contribution < -0.4 is 25.2 Å². The molecule has 4 rings (SSSR count). The molecule has 1 amide bonds. The predicted molar refractivity (Wildman–Crippen MR) is 123 cm³/mol. The van der Waals surface area contributed by atoms with Gasteiger partial charge in [0, 0.05) is 26.7 Å². The quantitative estimate of drug-likeness (QED) is 0.706. The fourth-order valence-corrected chi connectivity index (χ4v) is 4.12. The Balaban J connectivity index is 1.68. The van der Waals surface area contributed by atoms with Crippen molar-refractivity contribution >= 4 is 29.0 Å². The molecule has 0 atom stereocenters. The summed E-state index contributed by atoms with van der Waals surface area (Å²) in [6, 6.07) is 6.01. The molecule has 1 saturated carbocycles. The standard InChI is InChI=1S/C23H32N6O2/c1-23(2)14-29(13-15-6-7-15)20-18(28(4)21(23)30)12-25-22(27-20)26-17-9-8-16(11-24-3)10-19(17)31-5/h8-10,12,15,24H,6-7,11,13-14H2,1-5H3,(H,25,26,27). The Kier molecular flexibility index (Phi) is 5.75. The van der Waals surface area contributed by atoms with Crippen LogP contribution in [0.5, 0.6) is 5.75 Å². The zero-order chi connectivity index (χ0) is 22.2. The molecule has 2 aliphatic rings. The summed E-state index contributed by atoms with van der Waals surface area (Å²) < 4.78 is 5.57. The van der Waals surface area contributed by atoms with Crippen LogP contribution in [0, 0.1) is 11.3 Å². The molecule has 0 unspecified atom stereocenters. The number of amides is 1. The number of aromatic nitrogens is 2. The first-order chi connectivity index (χ1) is 14.8. The number of carbonyl (C=O) groups excluding carboxylic acids is 1. The smallest absolute Gasteiger partial charge is 0.234 e. The third kappa shape index (κ3) is 4.44. The van der Waals surface area contributed by atoms with Crippen molar-refractivity contribution in [2.24, 2.45) is 11.3 Å². The van der Waals surface area contributed by atoms with Crippen molar-refractivity contribution in [3.8, 4) is 5.75 Å². The maximum Gasteiger partial charge on any atom is 0.234 e. The van der Waals surface area contributed by atoms with Gasteiger partial charge >= 0.3 is 0 Å². The number of hydrogen-bond acceptors (Lipinski definition) is 7. The molecule has 1 fully saturated rings. The summed E-state index contributed by atoms with van der Waals surface area (Å²) in [7, 11) is 5.38. The average molecular weight is 425 g/mol. The molecule has 0 bridgehead atoms. The lowest BCUT2D eigenvalue weighted by Gasteiger charge is -2.29. The van der Waals surface area contributed by atoms with Gasteiger partial charge in [0.25, 0.3) is 0 Å². The number of fused-ring (bicyclic) bond motifs is 1. The first-order valence-electron chi connectivity index (χ1n) is 10.8. The maximum atomic E-state index is 13.0. The molecule has 2 N–H and O–H groups in total. The molecule has 1 aromatic carbocycles. The monoisotopic (exact) mass is 424 g/mol. The van der Waals surface area contributed by atoms with Crippen LogP contribution in [0.4, 0.5) is 23.1 Å². The van der Waals surface area contributed by atoms with E-state index < -0.39 is 5.41 Å².